The van der Waals surface area contributed by atoms with E-state index in [0.29, 0.717) is 23.7 Å². The number of nitriles is 1. The summed E-state index contributed by atoms with van der Waals surface area (Å²) < 4.78 is 13.7. The van der Waals surface area contributed by atoms with Crippen LogP contribution in [0.4, 0.5) is 0 Å². The predicted octanol–water partition coefficient (Wildman–Crippen LogP) is 5.43. The van der Waals surface area contributed by atoms with Crippen molar-refractivity contribution in [2.24, 2.45) is 0 Å². The van der Waals surface area contributed by atoms with Crippen LogP contribution in [0.5, 0.6) is 11.5 Å². The van der Waals surface area contributed by atoms with E-state index in [1.54, 1.807) is 25.3 Å². The van der Waals surface area contributed by atoms with Gasteiger partial charge in [-0.1, -0.05) is 15.9 Å². The molecule has 0 amide bonds. The molecule has 3 nitrogen and oxygen atoms in total. The first-order chi connectivity index (χ1) is 10.0. The average Bonchev–Trinajstić information content (AvgIpc) is 2.45. The van der Waals surface area contributed by atoms with E-state index >= 15 is 0 Å². The molecular weight excluding hydrogens is 466 g/mol. The highest BCUT2D eigenvalue weighted by atomic mass is 79.9. The molecule has 6 heteroatoms. The Kier molecular flexibility index (Phi) is 5.68. The van der Waals surface area contributed by atoms with Gasteiger partial charge in [-0.05, 0) is 62.2 Å². The van der Waals surface area contributed by atoms with E-state index in [2.05, 4.69) is 53.9 Å². The quantitative estimate of drug-likeness (QED) is 0.592. The molecule has 0 saturated heterocycles. The number of rotatable bonds is 4. The van der Waals surface area contributed by atoms with E-state index in [1.165, 1.54) is 0 Å². The highest BCUT2D eigenvalue weighted by molar-refractivity contribution is 9.11. The monoisotopic (exact) mass is 473 g/mol. The molecule has 0 aliphatic carbocycles. The molecule has 0 fully saturated rings. The minimum absolute atomic E-state index is 0.303. The second-order valence-electron chi connectivity index (χ2n) is 4.13. The molecule has 0 aliphatic heterocycles. The molecular formula is C15H10Br3NO2. The van der Waals surface area contributed by atoms with Gasteiger partial charge in [0.05, 0.1) is 27.7 Å². The highest BCUT2D eigenvalue weighted by Crippen LogP contribution is 2.37. The molecule has 0 aromatic heterocycles. The van der Waals surface area contributed by atoms with Crippen molar-refractivity contribution in [3.8, 4) is 17.6 Å². The molecule has 0 atom stereocenters. The maximum absolute atomic E-state index is 8.98. The van der Waals surface area contributed by atoms with Gasteiger partial charge in [0.1, 0.15) is 18.1 Å². The number of methoxy groups -OCH3 is 1. The van der Waals surface area contributed by atoms with Gasteiger partial charge in [-0.3, -0.25) is 0 Å². The Morgan fingerprint density at radius 1 is 1.10 bits per heavy atom. The Labute approximate surface area is 148 Å². The molecule has 0 radical (unpaired) electrons. The number of hydrogen-bond donors (Lipinski definition) is 0. The molecule has 0 bridgehead atoms. The SMILES string of the molecule is COc1ccc(C#N)cc1COc1c(Br)cc(Br)cc1Br. The third kappa shape index (κ3) is 4.00. The molecule has 108 valence electrons. The Hall–Kier alpha value is -1.03. The van der Waals surface area contributed by atoms with Crippen molar-refractivity contribution in [3.63, 3.8) is 0 Å². The summed E-state index contributed by atoms with van der Waals surface area (Å²) in [6.07, 6.45) is 0. The van der Waals surface area contributed by atoms with Crippen molar-refractivity contribution < 1.29 is 9.47 Å². The van der Waals surface area contributed by atoms with Crippen molar-refractivity contribution >= 4 is 47.8 Å². The van der Waals surface area contributed by atoms with E-state index in [1.807, 2.05) is 12.1 Å². The van der Waals surface area contributed by atoms with Gasteiger partial charge >= 0.3 is 0 Å². The van der Waals surface area contributed by atoms with Crippen LogP contribution in [0.15, 0.2) is 43.7 Å². The van der Waals surface area contributed by atoms with Crippen LogP contribution in [0.1, 0.15) is 11.1 Å². The van der Waals surface area contributed by atoms with E-state index in [-0.39, 0.29) is 0 Å². The number of benzene rings is 2. The summed E-state index contributed by atoms with van der Waals surface area (Å²) >= 11 is 10.3. The molecule has 0 spiro atoms. The normalized spacial score (nSPS) is 10.0. The zero-order valence-electron chi connectivity index (χ0n) is 11.0. The fraction of sp³-hybridized carbons (Fsp3) is 0.133. The molecule has 0 N–H and O–H groups in total. The summed E-state index contributed by atoms with van der Waals surface area (Å²) in [4.78, 5) is 0. The zero-order valence-corrected chi connectivity index (χ0v) is 15.7. The van der Waals surface area contributed by atoms with Crippen molar-refractivity contribution in [2.45, 2.75) is 6.61 Å². The smallest absolute Gasteiger partial charge is 0.148 e. The second kappa shape index (κ2) is 7.30. The summed E-state index contributed by atoms with van der Waals surface area (Å²) in [5, 5.41) is 8.98. The van der Waals surface area contributed by atoms with Gasteiger partial charge in [-0.25, -0.2) is 0 Å². The lowest BCUT2D eigenvalue weighted by Gasteiger charge is -2.13. The van der Waals surface area contributed by atoms with Crippen LogP contribution in [0.3, 0.4) is 0 Å². The minimum Gasteiger partial charge on any atom is -0.496 e. The molecule has 0 aliphatic rings. The number of nitrogens with zero attached hydrogens (tertiary/aromatic N) is 1. The number of hydrogen-bond acceptors (Lipinski definition) is 3. The summed E-state index contributed by atoms with van der Waals surface area (Å²) in [7, 11) is 1.59. The van der Waals surface area contributed by atoms with E-state index < -0.39 is 0 Å². The third-order valence-electron chi connectivity index (χ3n) is 2.74. The van der Waals surface area contributed by atoms with Gasteiger partial charge < -0.3 is 9.47 Å². The Balaban J connectivity index is 2.26. The molecule has 2 aromatic carbocycles. The van der Waals surface area contributed by atoms with Gasteiger partial charge in [0.15, 0.2) is 0 Å². The molecule has 2 rings (SSSR count). The van der Waals surface area contributed by atoms with Gasteiger partial charge in [0.2, 0.25) is 0 Å². The molecule has 0 unspecified atom stereocenters. The minimum atomic E-state index is 0.303. The van der Waals surface area contributed by atoms with Crippen molar-refractivity contribution in [1.29, 1.82) is 5.26 Å². The summed E-state index contributed by atoms with van der Waals surface area (Å²) in [5.74, 6) is 1.39. The van der Waals surface area contributed by atoms with Crippen LogP contribution in [0, 0.1) is 11.3 Å². The molecule has 0 heterocycles. The lowest BCUT2D eigenvalue weighted by molar-refractivity contribution is 0.293. The van der Waals surface area contributed by atoms with Crippen LogP contribution < -0.4 is 9.47 Å². The first-order valence-electron chi connectivity index (χ1n) is 5.89. The van der Waals surface area contributed by atoms with Gasteiger partial charge in [-0.2, -0.15) is 5.26 Å². The molecule has 2 aromatic rings. The zero-order chi connectivity index (χ0) is 15.4. The maximum Gasteiger partial charge on any atom is 0.148 e. The summed E-state index contributed by atoms with van der Waals surface area (Å²) in [5.41, 5.74) is 1.39. The first kappa shape index (κ1) is 16.3. The van der Waals surface area contributed by atoms with Crippen LogP contribution in [-0.4, -0.2) is 7.11 Å². The van der Waals surface area contributed by atoms with Gasteiger partial charge in [0.25, 0.3) is 0 Å². The van der Waals surface area contributed by atoms with Crippen LogP contribution in [0.25, 0.3) is 0 Å². The first-order valence-corrected chi connectivity index (χ1v) is 8.27. The standard InChI is InChI=1S/C15H10Br3NO2/c1-20-14-3-2-9(7-19)4-10(14)8-21-15-12(17)5-11(16)6-13(15)18/h2-6H,8H2,1H3. The maximum atomic E-state index is 8.98. The predicted molar refractivity (Wildman–Crippen MR) is 91.6 cm³/mol. The number of ether oxygens (including phenoxy) is 2. The van der Waals surface area contributed by atoms with Crippen molar-refractivity contribution in [2.75, 3.05) is 7.11 Å². The Bertz CT molecular complexity index is 688. The van der Waals surface area contributed by atoms with Crippen LogP contribution in [-0.2, 0) is 6.61 Å². The Morgan fingerprint density at radius 3 is 2.33 bits per heavy atom. The van der Waals surface area contributed by atoms with Gasteiger partial charge in [0, 0.05) is 10.0 Å². The lowest BCUT2D eigenvalue weighted by atomic mass is 10.1. The van der Waals surface area contributed by atoms with Crippen LogP contribution in [0.2, 0.25) is 0 Å². The summed E-state index contributed by atoms with van der Waals surface area (Å²) in [6, 6.07) is 11.2. The molecule has 0 saturated carbocycles. The summed E-state index contributed by atoms with van der Waals surface area (Å²) in [6.45, 7) is 0.303. The average molecular weight is 476 g/mol. The van der Waals surface area contributed by atoms with Crippen LogP contribution >= 0.6 is 47.8 Å². The fourth-order valence-corrected chi connectivity index (χ4v) is 4.27. The number of halogens is 3. The highest BCUT2D eigenvalue weighted by Gasteiger charge is 2.11. The van der Waals surface area contributed by atoms with Gasteiger partial charge in [-0.15, -0.1) is 0 Å². The van der Waals surface area contributed by atoms with Crippen molar-refractivity contribution in [1.82, 2.24) is 0 Å². The lowest BCUT2D eigenvalue weighted by Crippen LogP contribution is -2.00. The molecule has 21 heavy (non-hydrogen) atoms. The van der Waals surface area contributed by atoms with E-state index in [0.717, 1.165) is 19.0 Å². The largest absolute Gasteiger partial charge is 0.496 e. The Morgan fingerprint density at radius 2 is 1.76 bits per heavy atom. The topological polar surface area (TPSA) is 42.2 Å². The van der Waals surface area contributed by atoms with E-state index in [4.69, 9.17) is 14.7 Å². The third-order valence-corrected chi connectivity index (χ3v) is 4.38. The fourth-order valence-electron chi connectivity index (χ4n) is 1.78. The van der Waals surface area contributed by atoms with E-state index in [9.17, 15) is 0 Å². The second-order valence-corrected chi connectivity index (χ2v) is 6.75. The van der Waals surface area contributed by atoms with Crippen molar-refractivity contribution in [3.05, 3.63) is 54.9 Å².